The Labute approximate surface area is 90.3 Å². The summed E-state index contributed by atoms with van der Waals surface area (Å²) in [6.07, 6.45) is 3.51. The molecule has 2 N–H and O–H groups in total. The summed E-state index contributed by atoms with van der Waals surface area (Å²) in [5.41, 5.74) is -1.31. The topological polar surface area (TPSA) is 58.6 Å². The van der Waals surface area contributed by atoms with Gasteiger partial charge in [-0.2, -0.15) is 0 Å². The first-order valence-electron chi connectivity index (χ1n) is 5.09. The Kier molecular flexibility index (Phi) is 3.09. The van der Waals surface area contributed by atoms with E-state index in [0.29, 0.717) is 6.42 Å². The summed E-state index contributed by atoms with van der Waals surface area (Å²) in [7, 11) is 0. The van der Waals surface area contributed by atoms with Crippen LogP contribution >= 0.6 is 0 Å². The molecule has 0 heterocycles. The third-order valence-electron chi connectivity index (χ3n) is 2.02. The van der Waals surface area contributed by atoms with E-state index in [4.69, 9.17) is 4.74 Å². The molecule has 86 valence electrons. The van der Waals surface area contributed by atoms with E-state index in [9.17, 15) is 9.90 Å². The lowest BCUT2D eigenvalue weighted by Crippen LogP contribution is -2.39. The minimum atomic E-state index is -0.820. The molecule has 0 unspecified atom stereocenters. The fourth-order valence-corrected chi connectivity index (χ4v) is 1.46. The molecule has 0 radical (unpaired) electrons. The van der Waals surface area contributed by atoms with Gasteiger partial charge in [0.1, 0.15) is 5.60 Å². The first-order valence-corrected chi connectivity index (χ1v) is 5.09. The van der Waals surface area contributed by atoms with Crippen molar-refractivity contribution in [2.75, 3.05) is 0 Å². The Bertz CT molecular complexity index is 276. The van der Waals surface area contributed by atoms with Crippen molar-refractivity contribution in [1.82, 2.24) is 5.32 Å². The Morgan fingerprint density at radius 2 is 2.20 bits per heavy atom. The van der Waals surface area contributed by atoms with Gasteiger partial charge < -0.3 is 15.2 Å². The van der Waals surface area contributed by atoms with Gasteiger partial charge in [0.2, 0.25) is 0 Å². The van der Waals surface area contributed by atoms with E-state index in [1.807, 2.05) is 20.8 Å². The number of alkyl carbamates (subject to hydrolysis) is 1. The van der Waals surface area contributed by atoms with Gasteiger partial charge in [-0.05, 0) is 27.7 Å². The van der Waals surface area contributed by atoms with Crippen molar-refractivity contribution < 1.29 is 14.6 Å². The van der Waals surface area contributed by atoms with E-state index in [1.165, 1.54) is 0 Å². The molecule has 0 aromatic heterocycles. The molecule has 0 aromatic carbocycles. The Balaban J connectivity index is 2.39. The van der Waals surface area contributed by atoms with Crippen LogP contribution in [-0.4, -0.2) is 28.4 Å². The quantitative estimate of drug-likeness (QED) is 0.650. The number of ether oxygens (including phenoxy) is 1. The number of carbonyl (C=O) groups excluding carboxylic acids is 1. The van der Waals surface area contributed by atoms with Gasteiger partial charge in [0.05, 0.1) is 11.6 Å². The van der Waals surface area contributed by atoms with Crippen molar-refractivity contribution in [3.05, 3.63) is 12.2 Å². The number of hydrogen-bond acceptors (Lipinski definition) is 3. The summed E-state index contributed by atoms with van der Waals surface area (Å²) in [6.45, 7) is 7.15. The van der Waals surface area contributed by atoms with Crippen molar-refractivity contribution in [3.63, 3.8) is 0 Å². The first-order chi connectivity index (χ1) is 6.68. The highest BCUT2D eigenvalue weighted by Gasteiger charge is 2.29. The lowest BCUT2D eigenvalue weighted by Gasteiger charge is -2.22. The van der Waals surface area contributed by atoms with Crippen LogP contribution in [0.5, 0.6) is 0 Å². The normalized spacial score (nSPS) is 30.3. The van der Waals surface area contributed by atoms with E-state index >= 15 is 0 Å². The molecule has 1 aliphatic carbocycles. The molecule has 4 heteroatoms. The van der Waals surface area contributed by atoms with E-state index in [-0.39, 0.29) is 6.04 Å². The molecule has 1 aliphatic rings. The third kappa shape index (κ3) is 4.34. The van der Waals surface area contributed by atoms with Gasteiger partial charge in [0.15, 0.2) is 0 Å². The van der Waals surface area contributed by atoms with Crippen molar-refractivity contribution in [3.8, 4) is 0 Å². The summed E-state index contributed by atoms with van der Waals surface area (Å²) in [4.78, 5) is 11.4. The zero-order valence-electron chi connectivity index (χ0n) is 9.70. The Hall–Kier alpha value is -1.03. The highest BCUT2D eigenvalue weighted by Crippen LogP contribution is 2.22. The van der Waals surface area contributed by atoms with Gasteiger partial charge in [0, 0.05) is 6.42 Å². The van der Waals surface area contributed by atoms with Gasteiger partial charge in [-0.15, -0.1) is 0 Å². The van der Waals surface area contributed by atoms with Crippen LogP contribution in [0.3, 0.4) is 0 Å². The predicted octanol–water partition coefficient (Wildman–Crippen LogP) is 1.59. The number of rotatable bonds is 1. The number of aliphatic hydroxyl groups is 1. The maximum absolute atomic E-state index is 11.4. The molecule has 4 nitrogen and oxygen atoms in total. The van der Waals surface area contributed by atoms with Crippen molar-refractivity contribution in [2.24, 2.45) is 0 Å². The van der Waals surface area contributed by atoms with Gasteiger partial charge in [-0.1, -0.05) is 12.2 Å². The van der Waals surface area contributed by atoms with Crippen LogP contribution in [0.4, 0.5) is 4.79 Å². The van der Waals surface area contributed by atoms with Crippen LogP contribution in [-0.2, 0) is 4.74 Å². The van der Waals surface area contributed by atoms with Gasteiger partial charge >= 0.3 is 6.09 Å². The standard InChI is InChI=1S/C11H19NO3/c1-10(2,3)15-9(13)12-8-5-6-11(4,14)7-8/h5-6,8,14H,7H2,1-4H3,(H,12,13)/t8-,11+/m0/s1. The fourth-order valence-electron chi connectivity index (χ4n) is 1.46. The number of amides is 1. The largest absolute Gasteiger partial charge is 0.444 e. The second-order valence-corrected chi connectivity index (χ2v) is 5.17. The molecular formula is C11H19NO3. The Morgan fingerprint density at radius 1 is 1.60 bits per heavy atom. The maximum atomic E-state index is 11.4. The lowest BCUT2D eigenvalue weighted by atomic mass is 10.1. The van der Waals surface area contributed by atoms with Crippen LogP contribution < -0.4 is 5.32 Å². The number of carbonyl (C=O) groups is 1. The van der Waals surface area contributed by atoms with E-state index in [2.05, 4.69) is 5.32 Å². The van der Waals surface area contributed by atoms with E-state index < -0.39 is 17.3 Å². The predicted molar refractivity (Wildman–Crippen MR) is 57.5 cm³/mol. The molecule has 2 atom stereocenters. The van der Waals surface area contributed by atoms with E-state index in [0.717, 1.165) is 0 Å². The van der Waals surface area contributed by atoms with Crippen molar-refractivity contribution >= 4 is 6.09 Å². The molecule has 0 saturated carbocycles. The van der Waals surface area contributed by atoms with Crippen molar-refractivity contribution in [1.29, 1.82) is 0 Å². The van der Waals surface area contributed by atoms with Gasteiger partial charge in [-0.3, -0.25) is 0 Å². The van der Waals surface area contributed by atoms with Crippen LogP contribution in [0, 0.1) is 0 Å². The minimum Gasteiger partial charge on any atom is -0.444 e. The van der Waals surface area contributed by atoms with Gasteiger partial charge in [-0.25, -0.2) is 4.79 Å². The zero-order chi connectivity index (χ0) is 11.7. The molecule has 0 fully saturated rings. The molecular weight excluding hydrogens is 194 g/mol. The summed E-state index contributed by atoms with van der Waals surface area (Å²) >= 11 is 0. The molecule has 0 aromatic rings. The summed E-state index contributed by atoms with van der Waals surface area (Å²) in [6, 6.07) is -0.144. The zero-order valence-corrected chi connectivity index (χ0v) is 9.70. The lowest BCUT2D eigenvalue weighted by molar-refractivity contribution is 0.0491. The smallest absolute Gasteiger partial charge is 0.408 e. The van der Waals surface area contributed by atoms with Crippen molar-refractivity contribution in [2.45, 2.75) is 51.4 Å². The molecule has 0 saturated heterocycles. The van der Waals surface area contributed by atoms with Crippen LogP contribution in [0.15, 0.2) is 12.2 Å². The molecule has 0 spiro atoms. The highest BCUT2D eigenvalue weighted by atomic mass is 16.6. The molecule has 0 bridgehead atoms. The highest BCUT2D eigenvalue weighted by molar-refractivity contribution is 5.68. The molecule has 1 rings (SSSR count). The summed E-state index contributed by atoms with van der Waals surface area (Å²) in [5, 5.41) is 12.3. The molecule has 15 heavy (non-hydrogen) atoms. The first kappa shape index (κ1) is 12.0. The second-order valence-electron chi connectivity index (χ2n) is 5.17. The molecule has 1 amide bonds. The SMILES string of the molecule is CC(C)(C)OC(=O)N[C@H]1C=C[C@@](C)(O)C1. The summed E-state index contributed by atoms with van der Waals surface area (Å²) in [5.74, 6) is 0. The monoisotopic (exact) mass is 213 g/mol. The summed E-state index contributed by atoms with van der Waals surface area (Å²) < 4.78 is 5.10. The average molecular weight is 213 g/mol. The van der Waals surface area contributed by atoms with Crippen LogP contribution in [0.1, 0.15) is 34.1 Å². The van der Waals surface area contributed by atoms with Crippen LogP contribution in [0.2, 0.25) is 0 Å². The van der Waals surface area contributed by atoms with Crippen LogP contribution in [0.25, 0.3) is 0 Å². The maximum Gasteiger partial charge on any atom is 0.408 e. The number of hydrogen-bond donors (Lipinski definition) is 2. The third-order valence-corrected chi connectivity index (χ3v) is 2.02. The fraction of sp³-hybridized carbons (Fsp3) is 0.727. The molecule has 0 aliphatic heterocycles. The second kappa shape index (κ2) is 3.85. The van der Waals surface area contributed by atoms with Gasteiger partial charge in [0.25, 0.3) is 0 Å². The number of nitrogens with one attached hydrogen (secondary N) is 1. The van der Waals surface area contributed by atoms with E-state index in [1.54, 1.807) is 19.1 Å². The minimum absolute atomic E-state index is 0.144. The average Bonchev–Trinajstić information content (AvgIpc) is 2.25. The Morgan fingerprint density at radius 3 is 2.60 bits per heavy atom.